The molecule has 0 aliphatic carbocycles. The highest BCUT2D eigenvalue weighted by molar-refractivity contribution is 5.70. The third kappa shape index (κ3) is 2.82. The summed E-state index contributed by atoms with van der Waals surface area (Å²) in [5, 5.41) is 8.50. The zero-order chi connectivity index (χ0) is 8.15. The summed E-state index contributed by atoms with van der Waals surface area (Å²) >= 11 is 0. The molecule has 2 unspecified atom stereocenters. The first-order chi connectivity index (χ1) is 4.59. The molecule has 0 aromatic carbocycles. The smallest absolute Gasteiger partial charge is 0.307 e. The van der Waals surface area contributed by atoms with Crippen LogP contribution >= 0.6 is 0 Å². The Hall–Kier alpha value is -0.570. The highest BCUT2D eigenvalue weighted by Gasteiger charge is 2.18. The third-order valence-electron chi connectivity index (χ3n) is 1.65. The highest BCUT2D eigenvalue weighted by atomic mass is 16.4. The summed E-state index contributed by atoms with van der Waals surface area (Å²) in [6.45, 7) is 3.64. The molecule has 0 aromatic heterocycles. The molecule has 0 saturated heterocycles. The van der Waals surface area contributed by atoms with E-state index in [9.17, 15) is 4.79 Å². The van der Waals surface area contributed by atoms with Gasteiger partial charge in [0.25, 0.3) is 0 Å². The van der Waals surface area contributed by atoms with Crippen LogP contribution in [-0.2, 0) is 4.79 Å². The molecule has 0 rings (SSSR count). The fraction of sp³-hybridized carbons (Fsp3) is 0.857. The lowest BCUT2D eigenvalue weighted by atomic mass is 9.99. The fourth-order valence-electron chi connectivity index (χ4n) is 0.766. The van der Waals surface area contributed by atoms with E-state index in [1.165, 1.54) is 0 Å². The van der Waals surface area contributed by atoms with Crippen molar-refractivity contribution in [3.05, 3.63) is 0 Å². The molecule has 3 heteroatoms. The van der Waals surface area contributed by atoms with E-state index >= 15 is 0 Å². The molecule has 0 aliphatic heterocycles. The Morgan fingerprint density at radius 3 is 2.50 bits per heavy atom. The summed E-state index contributed by atoms with van der Waals surface area (Å²) in [4.78, 5) is 10.3. The number of carbonyl (C=O) groups is 1. The number of hydrogen-bond donors (Lipinski definition) is 2. The first kappa shape index (κ1) is 9.43. The molecule has 0 saturated carbocycles. The lowest BCUT2D eigenvalue weighted by molar-refractivity contribution is -0.141. The molecule has 3 nitrogen and oxygen atoms in total. The van der Waals surface area contributed by atoms with Crippen molar-refractivity contribution in [2.75, 3.05) is 0 Å². The van der Waals surface area contributed by atoms with Gasteiger partial charge in [0.05, 0.1) is 5.92 Å². The predicted octanol–water partition coefficient (Wildman–Crippen LogP) is 0.835. The summed E-state index contributed by atoms with van der Waals surface area (Å²) in [7, 11) is 0. The molecule has 0 heterocycles. The SMILES string of the molecule is CCCC(N)C(C)C(=O)O. The Morgan fingerprint density at radius 2 is 2.20 bits per heavy atom. The van der Waals surface area contributed by atoms with Gasteiger partial charge in [-0.3, -0.25) is 4.79 Å². The number of rotatable bonds is 4. The predicted molar refractivity (Wildman–Crippen MR) is 39.7 cm³/mol. The topological polar surface area (TPSA) is 63.3 Å². The summed E-state index contributed by atoms with van der Waals surface area (Å²) in [5.74, 6) is -1.22. The molecular formula is C7H15NO2. The van der Waals surface area contributed by atoms with E-state index in [4.69, 9.17) is 10.8 Å². The van der Waals surface area contributed by atoms with Crippen molar-refractivity contribution >= 4 is 5.97 Å². The van der Waals surface area contributed by atoms with Crippen molar-refractivity contribution in [1.29, 1.82) is 0 Å². The fourth-order valence-corrected chi connectivity index (χ4v) is 0.766. The van der Waals surface area contributed by atoms with Crippen molar-refractivity contribution in [3.8, 4) is 0 Å². The lowest BCUT2D eigenvalue weighted by Crippen LogP contribution is -2.33. The van der Waals surface area contributed by atoms with Crippen LogP contribution in [0.2, 0.25) is 0 Å². The second kappa shape index (κ2) is 4.28. The van der Waals surface area contributed by atoms with Crippen LogP contribution in [0.15, 0.2) is 0 Å². The second-order valence-electron chi connectivity index (χ2n) is 2.58. The summed E-state index contributed by atoms with van der Waals surface area (Å²) < 4.78 is 0. The van der Waals surface area contributed by atoms with Crippen LogP contribution in [0, 0.1) is 5.92 Å². The Morgan fingerprint density at radius 1 is 1.70 bits per heavy atom. The Kier molecular flexibility index (Phi) is 4.03. The minimum atomic E-state index is -0.805. The molecule has 60 valence electrons. The van der Waals surface area contributed by atoms with Crippen molar-refractivity contribution in [1.82, 2.24) is 0 Å². The molecule has 0 spiro atoms. The van der Waals surface area contributed by atoms with Gasteiger partial charge in [-0.05, 0) is 6.42 Å². The molecule has 0 fully saturated rings. The first-order valence-corrected chi connectivity index (χ1v) is 3.58. The zero-order valence-electron chi connectivity index (χ0n) is 6.50. The standard InChI is InChI=1S/C7H15NO2/c1-3-4-6(8)5(2)7(9)10/h5-6H,3-4,8H2,1-2H3,(H,9,10). The number of carboxylic acids is 1. The van der Waals surface area contributed by atoms with Crippen LogP contribution in [0.5, 0.6) is 0 Å². The van der Waals surface area contributed by atoms with Gasteiger partial charge in [-0.2, -0.15) is 0 Å². The van der Waals surface area contributed by atoms with Crippen molar-refractivity contribution < 1.29 is 9.90 Å². The van der Waals surface area contributed by atoms with E-state index in [0.717, 1.165) is 12.8 Å². The molecule has 0 aliphatic rings. The quantitative estimate of drug-likeness (QED) is 0.616. The minimum absolute atomic E-state index is 0.192. The van der Waals surface area contributed by atoms with Gasteiger partial charge in [-0.15, -0.1) is 0 Å². The maximum absolute atomic E-state index is 10.3. The van der Waals surface area contributed by atoms with Gasteiger partial charge < -0.3 is 10.8 Å². The molecule has 2 atom stereocenters. The van der Waals surface area contributed by atoms with Gasteiger partial charge in [-0.25, -0.2) is 0 Å². The van der Waals surface area contributed by atoms with E-state index in [2.05, 4.69) is 0 Å². The van der Waals surface area contributed by atoms with E-state index in [-0.39, 0.29) is 6.04 Å². The molecule has 0 bridgehead atoms. The first-order valence-electron chi connectivity index (χ1n) is 3.58. The van der Waals surface area contributed by atoms with Crippen LogP contribution < -0.4 is 5.73 Å². The van der Waals surface area contributed by atoms with Crippen LogP contribution in [0.3, 0.4) is 0 Å². The number of carboxylic acid groups (broad SMARTS) is 1. The molecule has 0 aromatic rings. The van der Waals surface area contributed by atoms with E-state index in [1.54, 1.807) is 6.92 Å². The van der Waals surface area contributed by atoms with Crippen molar-refractivity contribution in [3.63, 3.8) is 0 Å². The average molecular weight is 145 g/mol. The summed E-state index contributed by atoms with van der Waals surface area (Å²) in [6, 6.07) is -0.192. The molecule has 0 amide bonds. The third-order valence-corrected chi connectivity index (χ3v) is 1.65. The summed E-state index contributed by atoms with van der Waals surface area (Å²) in [6.07, 6.45) is 1.73. The Balaban J connectivity index is 3.69. The van der Waals surface area contributed by atoms with Crippen molar-refractivity contribution in [2.24, 2.45) is 11.7 Å². The molecule has 3 N–H and O–H groups in total. The number of hydrogen-bond acceptors (Lipinski definition) is 2. The number of nitrogens with two attached hydrogens (primary N) is 1. The second-order valence-corrected chi connectivity index (χ2v) is 2.58. The van der Waals surface area contributed by atoms with Gasteiger partial charge in [0, 0.05) is 6.04 Å². The maximum Gasteiger partial charge on any atom is 0.307 e. The van der Waals surface area contributed by atoms with E-state index in [1.807, 2.05) is 6.92 Å². The molecule has 10 heavy (non-hydrogen) atoms. The van der Waals surface area contributed by atoms with Crippen LogP contribution in [0.1, 0.15) is 26.7 Å². The molecular weight excluding hydrogens is 130 g/mol. The average Bonchev–Trinajstić information content (AvgIpc) is 1.87. The van der Waals surface area contributed by atoms with Gasteiger partial charge in [0.15, 0.2) is 0 Å². The monoisotopic (exact) mass is 145 g/mol. The Bertz CT molecular complexity index is 114. The highest BCUT2D eigenvalue weighted by Crippen LogP contribution is 2.05. The van der Waals surface area contributed by atoms with Gasteiger partial charge in [0.2, 0.25) is 0 Å². The minimum Gasteiger partial charge on any atom is -0.481 e. The van der Waals surface area contributed by atoms with E-state index < -0.39 is 11.9 Å². The van der Waals surface area contributed by atoms with Gasteiger partial charge in [0.1, 0.15) is 0 Å². The summed E-state index contributed by atoms with van der Waals surface area (Å²) in [5.41, 5.74) is 5.55. The van der Waals surface area contributed by atoms with E-state index in [0.29, 0.717) is 0 Å². The number of aliphatic carboxylic acids is 1. The largest absolute Gasteiger partial charge is 0.481 e. The Labute approximate surface area is 61.2 Å². The van der Waals surface area contributed by atoms with Gasteiger partial charge in [-0.1, -0.05) is 20.3 Å². The molecule has 0 radical (unpaired) electrons. The zero-order valence-corrected chi connectivity index (χ0v) is 6.50. The van der Waals surface area contributed by atoms with Crippen LogP contribution in [0.25, 0.3) is 0 Å². The van der Waals surface area contributed by atoms with Gasteiger partial charge >= 0.3 is 5.97 Å². The van der Waals surface area contributed by atoms with Crippen LogP contribution in [-0.4, -0.2) is 17.1 Å². The van der Waals surface area contributed by atoms with Crippen molar-refractivity contribution in [2.45, 2.75) is 32.7 Å². The lowest BCUT2D eigenvalue weighted by Gasteiger charge is -2.13. The van der Waals surface area contributed by atoms with Crippen LogP contribution in [0.4, 0.5) is 0 Å². The normalized spacial score (nSPS) is 16.3. The maximum atomic E-state index is 10.3.